The number of ether oxygens (including phenoxy) is 2. The molecule has 1 aromatic heterocycles. The highest BCUT2D eigenvalue weighted by molar-refractivity contribution is 5.92. The summed E-state index contributed by atoms with van der Waals surface area (Å²) < 4.78 is 12.9. The van der Waals surface area contributed by atoms with E-state index in [0.717, 1.165) is 59.7 Å². The molecule has 0 fully saturated rings. The number of nitrogens with zero attached hydrogens (tertiary/aromatic N) is 2. The number of imidazole rings is 1. The van der Waals surface area contributed by atoms with Gasteiger partial charge in [-0.15, -0.1) is 0 Å². The fraction of sp³-hybridized carbons (Fsp3) is 0.243. The lowest BCUT2D eigenvalue weighted by Crippen LogP contribution is -2.26. The van der Waals surface area contributed by atoms with Gasteiger partial charge in [-0.2, -0.15) is 0 Å². The zero-order valence-electron chi connectivity index (χ0n) is 25.1. The number of esters is 1. The average Bonchev–Trinajstić information content (AvgIpc) is 3.45. The van der Waals surface area contributed by atoms with Gasteiger partial charge in [-0.1, -0.05) is 110 Å². The molecule has 1 N–H and O–H groups in total. The summed E-state index contributed by atoms with van der Waals surface area (Å²) >= 11 is 0. The fourth-order valence-corrected chi connectivity index (χ4v) is 5.47. The highest BCUT2D eigenvalue weighted by Gasteiger charge is 2.26. The van der Waals surface area contributed by atoms with E-state index in [1.54, 1.807) is 7.11 Å². The Labute approximate surface area is 254 Å². The fourth-order valence-electron chi connectivity index (χ4n) is 5.47. The molecule has 0 amide bonds. The van der Waals surface area contributed by atoms with Gasteiger partial charge in [0.15, 0.2) is 0 Å². The molecule has 43 heavy (non-hydrogen) atoms. The quantitative estimate of drug-likeness (QED) is 0.145. The molecule has 0 aliphatic heterocycles. The Hall–Kier alpha value is -4.68. The number of hydrogen-bond donors (Lipinski definition) is 1. The summed E-state index contributed by atoms with van der Waals surface area (Å²) in [6.45, 7) is 3.62. The summed E-state index contributed by atoms with van der Waals surface area (Å²) in [5.41, 5.74) is 6.92. The average molecular weight is 574 g/mol. The number of nitrogens with one attached hydrogen (secondary N) is 1. The highest BCUT2D eigenvalue weighted by Crippen LogP contribution is 2.35. The molecule has 6 nitrogen and oxygen atoms in total. The standard InChI is InChI=1S/C37H39N3O3/c1-4-5-23-40-35(34(29-17-11-7-12-18-29)39-36(40)30-19-13-8-14-20-30)32(25-27-15-9-6-10-16-27)38-26-28-21-22-33(42-2)31(24-28)37(41)43-3/h6-22,24,32,38H,4-5,23,25-26H2,1-3H3. The van der Waals surface area contributed by atoms with Crippen LogP contribution in [0.4, 0.5) is 0 Å². The normalized spacial score (nSPS) is 11.7. The molecule has 1 unspecified atom stereocenters. The first kappa shape index (κ1) is 29.8. The van der Waals surface area contributed by atoms with Gasteiger partial charge in [0.1, 0.15) is 17.1 Å². The molecule has 6 heteroatoms. The molecule has 220 valence electrons. The van der Waals surface area contributed by atoms with Crippen LogP contribution in [0.5, 0.6) is 5.75 Å². The number of carbonyl (C=O) groups excluding carboxylic acids is 1. The van der Waals surface area contributed by atoms with Crippen LogP contribution >= 0.6 is 0 Å². The molecule has 1 heterocycles. The maximum Gasteiger partial charge on any atom is 0.341 e. The highest BCUT2D eigenvalue weighted by atomic mass is 16.5. The van der Waals surface area contributed by atoms with Crippen LogP contribution < -0.4 is 10.1 Å². The van der Waals surface area contributed by atoms with Crippen molar-refractivity contribution < 1.29 is 14.3 Å². The van der Waals surface area contributed by atoms with Gasteiger partial charge in [-0.3, -0.25) is 0 Å². The predicted octanol–water partition coefficient (Wildman–Crippen LogP) is 7.89. The topological polar surface area (TPSA) is 65.4 Å². The number of benzene rings is 4. The van der Waals surface area contributed by atoms with Gasteiger partial charge in [-0.25, -0.2) is 9.78 Å². The Kier molecular flexibility index (Phi) is 10.0. The van der Waals surface area contributed by atoms with Crippen LogP contribution in [0.15, 0.2) is 109 Å². The Morgan fingerprint density at radius 2 is 1.49 bits per heavy atom. The third kappa shape index (κ3) is 7.04. The number of unbranched alkanes of at least 4 members (excludes halogenated alkanes) is 1. The van der Waals surface area contributed by atoms with Crippen LogP contribution in [0.3, 0.4) is 0 Å². The van der Waals surface area contributed by atoms with E-state index < -0.39 is 5.97 Å². The molecule has 5 rings (SSSR count). The minimum atomic E-state index is -0.420. The molecule has 0 spiro atoms. The summed E-state index contributed by atoms with van der Waals surface area (Å²) in [7, 11) is 2.94. The largest absolute Gasteiger partial charge is 0.496 e. The van der Waals surface area contributed by atoms with Crippen LogP contribution in [0.1, 0.15) is 53.0 Å². The first-order chi connectivity index (χ1) is 21.1. The summed E-state index contributed by atoms with van der Waals surface area (Å²) in [5.74, 6) is 1.05. The monoisotopic (exact) mass is 573 g/mol. The van der Waals surface area contributed by atoms with E-state index in [0.29, 0.717) is 17.9 Å². The van der Waals surface area contributed by atoms with Crippen molar-refractivity contribution in [2.45, 2.75) is 45.3 Å². The van der Waals surface area contributed by atoms with Crippen molar-refractivity contribution in [3.8, 4) is 28.4 Å². The first-order valence-corrected chi connectivity index (χ1v) is 14.9. The molecule has 1 atom stereocenters. The van der Waals surface area contributed by atoms with Crippen molar-refractivity contribution in [2.75, 3.05) is 14.2 Å². The summed E-state index contributed by atoms with van der Waals surface area (Å²) in [4.78, 5) is 17.8. The van der Waals surface area contributed by atoms with Crippen LogP contribution in [-0.2, 0) is 24.2 Å². The van der Waals surface area contributed by atoms with Crippen molar-refractivity contribution >= 4 is 5.97 Å². The maximum atomic E-state index is 12.5. The number of carbonyl (C=O) groups is 1. The van der Waals surface area contributed by atoms with Gasteiger partial charge in [0, 0.05) is 24.2 Å². The van der Waals surface area contributed by atoms with Crippen LogP contribution in [0, 0.1) is 0 Å². The van der Waals surface area contributed by atoms with Crippen LogP contribution in [0.2, 0.25) is 0 Å². The lowest BCUT2D eigenvalue weighted by molar-refractivity contribution is 0.0597. The lowest BCUT2D eigenvalue weighted by Gasteiger charge is -2.24. The Balaban J connectivity index is 1.64. The van der Waals surface area contributed by atoms with E-state index in [2.05, 4.69) is 89.6 Å². The van der Waals surface area contributed by atoms with Crippen molar-refractivity contribution in [2.24, 2.45) is 0 Å². The third-order valence-electron chi connectivity index (χ3n) is 7.66. The lowest BCUT2D eigenvalue weighted by atomic mass is 9.98. The third-order valence-corrected chi connectivity index (χ3v) is 7.66. The SMILES string of the molecule is CCCCn1c(-c2ccccc2)nc(-c2ccccc2)c1C(Cc1ccccc1)NCc1ccc(OC)c(C(=O)OC)c1. The van der Waals surface area contributed by atoms with Gasteiger partial charge in [0.25, 0.3) is 0 Å². The molecule has 0 aliphatic carbocycles. The first-order valence-electron chi connectivity index (χ1n) is 14.9. The van der Waals surface area contributed by atoms with Crippen LogP contribution in [0.25, 0.3) is 22.6 Å². The van der Waals surface area contributed by atoms with Crippen molar-refractivity contribution in [1.29, 1.82) is 0 Å². The summed E-state index contributed by atoms with van der Waals surface area (Å²) in [6, 6.07) is 37.0. The zero-order chi connectivity index (χ0) is 30.0. The molecule has 0 saturated carbocycles. The van der Waals surface area contributed by atoms with Crippen molar-refractivity contribution in [3.05, 3.63) is 132 Å². The number of methoxy groups -OCH3 is 2. The van der Waals surface area contributed by atoms with Crippen LogP contribution in [-0.4, -0.2) is 29.7 Å². The minimum absolute atomic E-state index is 0.0666. The second-order valence-corrected chi connectivity index (χ2v) is 10.6. The number of rotatable bonds is 13. The Morgan fingerprint density at radius 1 is 0.837 bits per heavy atom. The van der Waals surface area contributed by atoms with E-state index in [1.165, 1.54) is 12.7 Å². The predicted molar refractivity (Wildman–Crippen MR) is 172 cm³/mol. The molecule has 0 bridgehead atoms. The van der Waals surface area contributed by atoms with Crippen molar-refractivity contribution in [1.82, 2.24) is 14.9 Å². The molecule has 0 aliphatic rings. The molecule has 0 saturated heterocycles. The maximum absolute atomic E-state index is 12.5. The van der Waals surface area contributed by atoms with Gasteiger partial charge in [0.05, 0.1) is 31.6 Å². The molecule has 0 radical (unpaired) electrons. The Morgan fingerprint density at radius 3 is 2.12 bits per heavy atom. The smallest absolute Gasteiger partial charge is 0.341 e. The Bertz CT molecular complexity index is 1620. The summed E-state index contributed by atoms with van der Waals surface area (Å²) in [5, 5.41) is 3.86. The minimum Gasteiger partial charge on any atom is -0.496 e. The van der Waals surface area contributed by atoms with E-state index in [4.69, 9.17) is 14.5 Å². The second-order valence-electron chi connectivity index (χ2n) is 10.6. The number of aromatic nitrogens is 2. The number of hydrogen-bond acceptors (Lipinski definition) is 5. The van der Waals surface area contributed by atoms with Crippen molar-refractivity contribution in [3.63, 3.8) is 0 Å². The van der Waals surface area contributed by atoms with E-state index in [9.17, 15) is 4.79 Å². The molecule has 5 aromatic rings. The van der Waals surface area contributed by atoms with E-state index in [1.807, 2.05) is 36.4 Å². The van der Waals surface area contributed by atoms with E-state index >= 15 is 0 Å². The molecular formula is C37H39N3O3. The zero-order valence-corrected chi connectivity index (χ0v) is 25.1. The second kappa shape index (κ2) is 14.5. The van der Waals surface area contributed by atoms with E-state index in [-0.39, 0.29) is 6.04 Å². The van der Waals surface area contributed by atoms with Gasteiger partial charge in [-0.05, 0) is 36.1 Å². The van der Waals surface area contributed by atoms with Gasteiger partial charge < -0.3 is 19.4 Å². The van der Waals surface area contributed by atoms with Gasteiger partial charge >= 0.3 is 5.97 Å². The molecule has 4 aromatic carbocycles. The van der Waals surface area contributed by atoms with Gasteiger partial charge in [0.2, 0.25) is 0 Å². The molecular weight excluding hydrogens is 534 g/mol. The summed E-state index contributed by atoms with van der Waals surface area (Å²) in [6.07, 6.45) is 2.88.